The molecule has 1 unspecified atom stereocenters. The van der Waals surface area contributed by atoms with Crippen molar-refractivity contribution in [3.8, 4) is 11.8 Å². The van der Waals surface area contributed by atoms with Gasteiger partial charge in [0, 0.05) is 10.7 Å². The van der Waals surface area contributed by atoms with E-state index in [9.17, 15) is 5.26 Å². The summed E-state index contributed by atoms with van der Waals surface area (Å²) in [4.78, 5) is 0. The highest BCUT2D eigenvalue weighted by Crippen LogP contribution is 2.24. The molecule has 0 aromatic heterocycles. The third kappa shape index (κ3) is 3.40. The van der Waals surface area contributed by atoms with Gasteiger partial charge in [-0.1, -0.05) is 29.8 Å². The van der Waals surface area contributed by atoms with Crippen LogP contribution in [-0.4, -0.2) is 7.11 Å². The summed E-state index contributed by atoms with van der Waals surface area (Å²) >= 11 is 5.92. The lowest BCUT2D eigenvalue weighted by Crippen LogP contribution is -2.08. The summed E-state index contributed by atoms with van der Waals surface area (Å²) in [6.45, 7) is 0. The van der Waals surface area contributed by atoms with Crippen LogP contribution in [0.25, 0.3) is 0 Å². The minimum absolute atomic E-state index is 0.450. The maximum atomic E-state index is 9.29. The number of benzene rings is 2. The standard InChI is InChI=1S/C15H13ClN2O/c1-19-14-7-2-4-11(8-14)15(10-17)18-13-6-3-5-12(16)9-13/h2-9,15,18H,1H3. The van der Waals surface area contributed by atoms with Crippen LogP contribution in [0.2, 0.25) is 5.02 Å². The van der Waals surface area contributed by atoms with E-state index in [0.29, 0.717) is 5.02 Å². The van der Waals surface area contributed by atoms with Crippen molar-refractivity contribution in [3.63, 3.8) is 0 Å². The highest BCUT2D eigenvalue weighted by atomic mass is 35.5. The smallest absolute Gasteiger partial charge is 0.140 e. The third-order valence-corrected chi connectivity index (χ3v) is 2.93. The number of halogens is 1. The van der Waals surface area contributed by atoms with Crippen molar-refractivity contribution in [3.05, 3.63) is 59.1 Å². The van der Waals surface area contributed by atoms with Crippen LogP contribution in [0.15, 0.2) is 48.5 Å². The average molecular weight is 273 g/mol. The molecule has 0 aliphatic heterocycles. The van der Waals surface area contributed by atoms with Gasteiger partial charge in [0.2, 0.25) is 0 Å². The second kappa shape index (κ2) is 6.12. The third-order valence-electron chi connectivity index (χ3n) is 2.69. The van der Waals surface area contributed by atoms with Crippen molar-refractivity contribution in [2.24, 2.45) is 0 Å². The molecule has 0 radical (unpaired) electrons. The van der Waals surface area contributed by atoms with E-state index in [-0.39, 0.29) is 0 Å². The van der Waals surface area contributed by atoms with Crippen LogP contribution in [0.3, 0.4) is 0 Å². The number of nitrogens with zero attached hydrogens (tertiary/aromatic N) is 1. The molecule has 19 heavy (non-hydrogen) atoms. The first kappa shape index (κ1) is 13.3. The average Bonchev–Trinajstić information content (AvgIpc) is 2.45. The number of ether oxygens (including phenoxy) is 1. The predicted molar refractivity (Wildman–Crippen MR) is 76.4 cm³/mol. The number of anilines is 1. The van der Waals surface area contributed by atoms with Gasteiger partial charge in [-0.05, 0) is 35.9 Å². The van der Waals surface area contributed by atoms with Gasteiger partial charge in [-0.3, -0.25) is 0 Å². The lowest BCUT2D eigenvalue weighted by Gasteiger charge is -2.14. The second-order valence-electron chi connectivity index (χ2n) is 3.99. The fourth-order valence-corrected chi connectivity index (χ4v) is 1.95. The van der Waals surface area contributed by atoms with Crippen LogP contribution in [0.4, 0.5) is 5.69 Å². The Morgan fingerprint density at radius 1 is 1.21 bits per heavy atom. The molecule has 0 saturated heterocycles. The molecule has 4 heteroatoms. The van der Waals surface area contributed by atoms with Gasteiger partial charge >= 0.3 is 0 Å². The van der Waals surface area contributed by atoms with Crippen molar-refractivity contribution in [1.29, 1.82) is 5.26 Å². The van der Waals surface area contributed by atoms with Crippen LogP contribution < -0.4 is 10.1 Å². The van der Waals surface area contributed by atoms with E-state index in [1.807, 2.05) is 36.4 Å². The van der Waals surface area contributed by atoms with Crippen LogP contribution in [0.1, 0.15) is 11.6 Å². The minimum atomic E-state index is -0.450. The molecule has 0 aliphatic carbocycles. The Morgan fingerprint density at radius 2 is 2.00 bits per heavy atom. The molecule has 0 fully saturated rings. The summed E-state index contributed by atoms with van der Waals surface area (Å²) in [7, 11) is 1.60. The Morgan fingerprint density at radius 3 is 2.68 bits per heavy atom. The molecule has 2 aromatic carbocycles. The van der Waals surface area contributed by atoms with Crippen molar-refractivity contribution >= 4 is 17.3 Å². The molecule has 2 aromatic rings. The lowest BCUT2D eigenvalue weighted by atomic mass is 10.1. The molecule has 0 amide bonds. The summed E-state index contributed by atoms with van der Waals surface area (Å²) in [5, 5.41) is 13.1. The normalized spacial score (nSPS) is 11.4. The number of methoxy groups -OCH3 is 1. The maximum absolute atomic E-state index is 9.29. The van der Waals surface area contributed by atoms with Crippen LogP contribution in [-0.2, 0) is 0 Å². The highest BCUT2D eigenvalue weighted by molar-refractivity contribution is 6.30. The summed E-state index contributed by atoms with van der Waals surface area (Å²) in [6.07, 6.45) is 0. The number of hydrogen-bond acceptors (Lipinski definition) is 3. The number of hydrogen-bond donors (Lipinski definition) is 1. The first-order valence-electron chi connectivity index (χ1n) is 5.78. The fourth-order valence-electron chi connectivity index (χ4n) is 1.76. The van der Waals surface area contributed by atoms with Crippen molar-refractivity contribution in [1.82, 2.24) is 0 Å². The minimum Gasteiger partial charge on any atom is -0.497 e. The quantitative estimate of drug-likeness (QED) is 0.914. The molecule has 96 valence electrons. The van der Waals surface area contributed by atoms with Gasteiger partial charge in [0.25, 0.3) is 0 Å². The summed E-state index contributed by atoms with van der Waals surface area (Å²) in [5.74, 6) is 0.727. The Balaban J connectivity index is 2.23. The van der Waals surface area contributed by atoms with Crippen molar-refractivity contribution in [2.75, 3.05) is 12.4 Å². The zero-order valence-corrected chi connectivity index (χ0v) is 11.2. The molecular weight excluding hydrogens is 260 g/mol. The molecule has 0 aliphatic rings. The lowest BCUT2D eigenvalue weighted by molar-refractivity contribution is 0.414. The van der Waals surface area contributed by atoms with Gasteiger partial charge in [0.05, 0.1) is 13.2 Å². The maximum Gasteiger partial charge on any atom is 0.140 e. The molecule has 1 atom stereocenters. The number of rotatable bonds is 4. The Kier molecular flexibility index (Phi) is 4.27. The first-order chi connectivity index (χ1) is 9.22. The van der Waals surface area contributed by atoms with Gasteiger partial charge < -0.3 is 10.1 Å². The van der Waals surface area contributed by atoms with E-state index in [1.165, 1.54) is 0 Å². The van der Waals surface area contributed by atoms with Crippen LogP contribution in [0, 0.1) is 11.3 Å². The topological polar surface area (TPSA) is 45.0 Å². The summed E-state index contributed by atoms with van der Waals surface area (Å²) in [5.41, 5.74) is 1.66. The van der Waals surface area contributed by atoms with Gasteiger partial charge in [0.1, 0.15) is 11.8 Å². The zero-order valence-electron chi connectivity index (χ0n) is 10.4. The molecule has 0 saturated carbocycles. The Labute approximate surface area is 117 Å². The first-order valence-corrected chi connectivity index (χ1v) is 6.16. The SMILES string of the molecule is COc1cccc(C(C#N)Nc2cccc(Cl)c2)c1. The second-order valence-corrected chi connectivity index (χ2v) is 4.43. The Hall–Kier alpha value is -2.18. The van der Waals surface area contributed by atoms with Gasteiger partial charge in [-0.15, -0.1) is 0 Å². The van der Waals surface area contributed by atoms with Crippen molar-refractivity contribution in [2.45, 2.75) is 6.04 Å². The van der Waals surface area contributed by atoms with Crippen molar-refractivity contribution < 1.29 is 4.74 Å². The van der Waals surface area contributed by atoms with E-state index in [4.69, 9.17) is 16.3 Å². The van der Waals surface area contributed by atoms with Crippen LogP contribution >= 0.6 is 11.6 Å². The van der Waals surface area contributed by atoms with E-state index in [1.54, 1.807) is 19.2 Å². The van der Waals surface area contributed by atoms with E-state index < -0.39 is 6.04 Å². The number of nitriles is 1. The molecule has 0 heterocycles. The predicted octanol–water partition coefficient (Wildman–Crippen LogP) is 4.03. The largest absolute Gasteiger partial charge is 0.497 e. The highest BCUT2D eigenvalue weighted by Gasteiger charge is 2.11. The molecule has 0 spiro atoms. The van der Waals surface area contributed by atoms with Gasteiger partial charge in [-0.25, -0.2) is 0 Å². The van der Waals surface area contributed by atoms with Gasteiger partial charge in [0.15, 0.2) is 0 Å². The van der Waals surface area contributed by atoms with Gasteiger partial charge in [-0.2, -0.15) is 5.26 Å². The molecule has 0 bridgehead atoms. The summed E-state index contributed by atoms with van der Waals surface area (Å²) in [6, 6.07) is 16.5. The Bertz CT molecular complexity index is 607. The molecular formula is C15H13ClN2O. The van der Waals surface area contributed by atoms with E-state index >= 15 is 0 Å². The monoisotopic (exact) mass is 272 g/mol. The zero-order chi connectivity index (χ0) is 13.7. The molecule has 1 N–H and O–H groups in total. The molecule has 3 nitrogen and oxygen atoms in total. The molecule has 2 rings (SSSR count). The summed E-state index contributed by atoms with van der Waals surface area (Å²) < 4.78 is 5.16. The van der Waals surface area contributed by atoms with Crippen LogP contribution in [0.5, 0.6) is 5.75 Å². The fraction of sp³-hybridized carbons (Fsp3) is 0.133. The number of nitrogens with one attached hydrogen (secondary N) is 1. The van der Waals surface area contributed by atoms with E-state index in [2.05, 4.69) is 11.4 Å². The van der Waals surface area contributed by atoms with E-state index in [0.717, 1.165) is 17.0 Å².